The molecule has 0 fully saturated rings. The number of hydrogen-bond donors (Lipinski definition) is 1. The van der Waals surface area contributed by atoms with E-state index in [0.717, 1.165) is 34.0 Å². The van der Waals surface area contributed by atoms with Crippen LogP contribution < -0.4 is 5.32 Å². The summed E-state index contributed by atoms with van der Waals surface area (Å²) in [4.78, 5) is 5.99. The summed E-state index contributed by atoms with van der Waals surface area (Å²) in [6.45, 7) is 4.53. The van der Waals surface area contributed by atoms with Crippen molar-refractivity contribution in [3.05, 3.63) is 55.1 Å². The van der Waals surface area contributed by atoms with Gasteiger partial charge in [0.2, 0.25) is 0 Å². The van der Waals surface area contributed by atoms with Gasteiger partial charge < -0.3 is 5.32 Å². The second-order valence-corrected chi connectivity index (χ2v) is 5.44. The maximum absolute atomic E-state index is 4.75. The summed E-state index contributed by atoms with van der Waals surface area (Å²) in [6, 6.07) is 14.6. The summed E-state index contributed by atoms with van der Waals surface area (Å²) in [6.07, 6.45) is 3.96. The number of hydrogen-bond acceptors (Lipinski definition) is 3. The Kier molecular flexibility index (Phi) is 3.61. The standard InChI is InChI=1S/C17H16N2S/c1-3-10-18-17-13-6-4-5-7-15(13)19-16-9-8-12(20-2)11-14(16)17/h3-9,11H,1,10H2,2H3,(H,18,19). The number of nitrogens with zero attached hydrogens (tertiary/aromatic N) is 1. The quantitative estimate of drug-likeness (QED) is 0.426. The largest absolute Gasteiger partial charge is 0.380 e. The molecule has 2 nitrogen and oxygen atoms in total. The molecule has 3 aromatic rings. The van der Waals surface area contributed by atoms with Gasteiger partial charge in [-0.2, -0.15) is 0 Å². The van der Waals surface area contributed by atoms with Crippen LogP contribution in [0.4, 0.5) is 5.69 Å². The molecule has 3 rings (SSSR count). The first kappa shape index (κ1) is 13.0. The van der Waals surface area contributed by atoms with Crippen LogP contribution >= 0.6 is 11.8 Å². The Morgan fingerprint density at radius 3 is 2.75 bits per heavy atom. The summed E-state index contributed by atoms with van der Waals surface area (Å²) in [5.41, 5.74) is 3.18. The van der Waals surface area contributed by atoms with E-state index in [4.69, 9.17) is 4.98 Å². The van der Waals surface area contributed by atoms with Gasteiger partial charge in [-0.15, -0.1) is 18.3 Å². The molecule has 0 unspecified atom stereocenters. The van der Waals surface area contributed by atoms with E-state index < -0.39 is 0 Å². The molecule has 0 amide bonds. The third-order valence-corrected chi connectivity index (χ3v) is 4.04. The zero-order chi connectivity index (χ0) is 13.9. The number of fused-ring (bicyclic) bond motifs is 2. The van der Waals surface area contributed by atoms with Crippen molar-refractivity contribution in [3.63, 3.8) is 0 Å². The molecule has 0 bridgehead atoms. The van der Waals surface area contributed by atoms with E-state index in [-0.39, 0.29) is 0 Å². The lowest BCUT2D eigenvalue weighted by Crippen LogP contribution is -2.00. The maximum Gasteiger partial charge on any atom is 0.0731 e. The molecule has 0 aliphatic rings. The lowest BCUT2D eigenvalue weighted by molar-refractivity contribution is 1.35. The third kappa shape index (κ3) is 2.25. The van der Waals surface area contributed by atoms with Gasteiger partial charge in [-0.05, 0) is 30.5 Å². The number of benzene rings is 2. The fourth-order valence-electron chi connectivity index (χ4n) is 2.36. The fourth-order valence-corrected chi connectivity index (χ4v) is 2.80. The van der Waals surface area contributed by atoms with Gasteiger partial charge >= 0.3 is 0 Å². The van der Waals surface area contributed by atoms with Gasteiger partial charge in [0.05, 0.1) is 16.7 Å². The molecule has 1 N–H and O–H groups in total. The molecule has 0 aliphatic carbocycles. The molecule has 0 aliphatic heterocycles. The number of thioether (sulfide) groups is 1. The summed E-state index contributed by atoms with van der Waals surface area (Å²) in [7, 11) is 0. The van der Waals surface area contributed by atoms with Gasteiger partial charge in [-0.25, -0.2) is 4.98 Å². The van der Waals surface area contributed by atoms with E-state index in [0.29, 0.717) is 0 Å². The minimum atomic E-state index is 0.743. The van der Waals surface area contributed by atoms with Crippen LogP contribution in [0.25, 0.3) is 21.8 Å². The highest BCUT2D eigenvalue weighted by Gasteiger charge is 2.08. The van der Waals surface area contributed by atoms with Crippen molar-refractivity contribution in [1.29, 1.82) is 0 Å². The van der Waals surface area contributed by atoms with Crippen LogP contribution in [0.5, 0.6) is 0 Å². The lowest BCUT2D eigenvalue weighted by atomic mass is 10.1. The molecule has 0 saturated carbocycles. The molecular formula is C17H16N2S. The molecular weight excluding hydrogens is 264 g/mol. The minimum absolute atomic E-state index is 0.743. The molecule has 3 heteroatoms. The van der Waals surface area contributed by atoms with Crippen molar-refractivity contribution < 1.29 is 0 Å². The normalized spacial score (nSPS) is 10.8. The highest BCUT2D eigenvalue weighted by Crippen LogP contribution is 2.32. The summed E-state index contributed by atoms with van der Waals surface area (Å²) >= 11 is 1.75. The van der Waals surface area contributed by atoms with Crippen LogP contribution in [-0.4, -0.2) is 17.8 Å². The number of nitrogens with one attached hydrogen (secondary N) is 1. The van der Waals surface area contributed by atoms with Crippen molar-refractivity contribution in [3.8, 4) is 0 Å². The second kappa shape index (κ2) is 5.55. The summed E-state index contributed by atoms with van der Waals surface area (Å²) in [5, 5.41) is 5.78. The molecule has 1 aromatic heterocycles. The molecule has 0 saturated heterocycles. The highest BCUT2D eigenvalue weighted by atomic mass is 32.2. The first-order valence-corrected chi connectivity index (χ1v) is 7.77. The molecule has 100 valence electrons. The van der Waals surface area contributed by atoms with Gasteiger partial charge in [0, 0.05) is 22.2 Å². The number of rotatable bonds is 4. The first-order valence-electron chi connectivity index (χ1n) is 6.55. The van der Waals surface area contributed by atoms with Crippen LogP contribution in [-0.2, 0) is 0 Å². The van der Waals surface area contributed by atoms with Crippen molar-refractivity contribution >= 4 is 39.3 Å². The topological polar surface area (TPSA) is 24.9 Å². The number of para-hydroxylation sites is 1. The maximum atomic E-state index is 4.75. The second-order valence-electron chi connectivity index (χ2n) is 4.56. The molecule has 2 aromatic carbocycles. The minimum Gasteiger partial charge on any atom is -0.380 e. The van der Waals surface area contributed by atoms with E-state index in [1.807, 2.05) is 18.2 Å². The average Bonchev–Trinajstić information content (AvgIpc) is 2.51. The Hall–Kier alpha value is -2.00. The Morgan fingerprint density at radius 1 is 1.15 bits per heavy atom. The zero-order valence-corrected chi connectivity index (χ0v) is 12.2. The number of anilines is 1. The van der Waals surface area contributed by atoms with Crippen LogP contribution in [0.1, 0.15) is 0 Å². The van der Waals surface area contributed by atoms with Crippen molar-refractivity contribution in [2.75, 3.05) is 18.1 Å². The van der Waals surface area contributed by atoms with Crippen molar-refractivity contribution in [2.24, 2.45) is 0 Å². The lowest BCUT2D eigenvalue weighted by Gasteiger charge is -2.12. The van der Waals surface area contributed by atoms with E-state index in [1.165, 1.54) is 4.90 Å². The van der Waals surface area contributed by atoms with E-state index in [9.17, 15) is 0 Å². The van der Waals surface area contributed by atoms with Gasteiger partial charge in [0.15, 0.2) is 0 Å². The van der Waals surface area contributed by atoms with Gasteiger partial charge in [-0.3, -0.25) is 0 Å². The van der Waals surface area contributed by atoms with Gasteiger partial charge in [0.1, 0.15) is 0 Å². The van der Waals surface area contributed by atoms with Crippen LogP contribution in [0, 0.1) is 0 Å². The van der Waals surface area contributed by atoms with E-state index in [1.54, 1.807) is 11.8 Å². The SMILES string of the molecule is C=CCNc1c2ccccc2nc2ccc(SC)cc12. The van der Waals surface area contributed by atoms with Crippen molar-refractivity contribution in [1.82, 2.24) is 4.98 Å². The van der Waals surface area contributed by atoms with Gasteiger partial charge in [0.25, 0.3) is 0 Å². The molecule has 0 radical (unpaired) electrons. The molecule has 0 spiro atoms. The predicted molar refractivity (Wildman–Crippen MR) is 89.7 cm³/mol. The van der Waals surface area contributed by atoms with Crippen LogP contribution in [0.3, 0.4) is 0 Å². The predicted octanol–water partition coefficient (Wildman–Crippen LogP) is 4.71. The smallest absolute Gasteiger partial charge is 0.0731 e. The molecule has 20 heavy (non-hydrogen) atoms. The molecule has 1 heterocycles. The Morgan fingerprint density at radius 2 is 1.95 bits per heavy atom. The van der Waals surface area contributed by atoms with E-state index >= 15 is 0 Å². The van der Waals surface area contributed by atoms with E-state index in [2.05, 4.69) is 48.5 Å². The fraction of sp³-hybridized carbons (Fsp3) is 0.118. The van der Waals surface area contributed by atoms with Gasteiger partial charge in [-0.1, -0.05) is 24.3 Å². The van der Waals surface area contributed by atoms with Crippen LogP contribution in [0.15, 0.2) is 60.0 Å². The first-order chi connectivity index (χ1) is 9.83. The number of aromatic nitrogens is 1. The Balaban J connectivity index is 2.35. The monoisotopic (exact) mass is 280 g/mol. The molecule has 0 atom stereocenters. The number of pyridine rings is 1. The Labute approximate surface area is 122 Å². The average molecular weight is 280 g/mol. The summed E-state index contributed by atoms with van der Waals surface area (Å²) < 4.78 is 0. The van der Waals surface area contributed by atoms with Crippen LogP contribution in [0.2, 0.25) is 0 Å². The zero-order valence-electron chi connectivity index (χ0n) is 11.4. The van der Waals surface area contributed by atoms with Crippen molar-refractivity contribution in [2.45, 2.75) is 4.90 Å². The third-order valence-electron chi connectivity index (χ3n) is 3.31. The highest BCUT2D eigenvalue weighted by molar-refractivity contribution is 7.98. The summed E-state index contributed by atoms with van der Waals surface area (Å²) in [5.74, 6) is 0. The Bertz CT molecular complexity index is 780.